The Morgan fingerprint density at radius 3 is 2.37 bits per heavy atom. The zero-order valence-corrected chi connectivity index (χ0v) is 15.5. The molecule has 0 saturated heterocycles. The summed E-state index contributed by atoms with van der Waals surface area (Å²) in [4.78, 5) is 16.2. The summed E-state index contributed by atoms with van der Waals surface area (Å²) >= 11 is 0. The highest BCUT2D eigenvalue weighted by Crippen LogP contribution is 2.35. The van der Waals surface area contributed by atoms with Crippen LogP contribution in [0, 0.1) is 0 Å². The molecule has 0 aromatic heterocycles. The average Bonchev–Trinajstić information content (AvgIpc) is 3.05. The highest BCUT2D eigenvalue weighted by atomic mass is 19.3. The third-order valence-electron chi connectivity index (χ3n) is 3.76. The topological polar surface area (TPSA) is 66.3 Å². The number of alkyl halides is 4. The van der Waals surface area contributed by atoms with Gasteiger partial charge in [0.25, 0.3) is 0 Å². The van der Waals surface area contributed by atoms with Crippen molar-refractivity contribution in [3.8, 4) is 17.2 Å². The quantitative estimate of drug-likeness (QED) is 0.351. The maximum absolute atomic E-state index is 12.8. The van der Waals surface area contributed by atoms with Crippen LogP contribution in [0.25, 0.3) is 6.08 Å². The van der Waals surface area contributed by atoms with E-state index in [-0.39, 0.29) is 41.0 Å². The number of rotatable bonds is 8. The normalized spacial score (nSPS) is 14.8. The minimum atomic E-state index is -3.10. The van der Waals surface area contributed by atoms with Crippen molar-refractivity contribution in [3.63, 3.8) is 0 Å². The van der Waals surface area contributed by atoms with Crippen molar-refractivity contribution in [1.29, 1.82) is 0 Å². The second kappa shape index (κ2) is 9.29. The maximum atomic E-state index is 12.8. The van der Waals surface area contributed by atoms with Gasteiger partial charge in [-0.3, -0.25) is 0 Å². The van der Waals surface area contributed by atoms with Gasteiger partial charge in [0, 0.05) is 11.1 Å². The van der Waals surface area contributed by atoms with Crippen LogP contribution in [0.15, 0.2) is 53.2 Å². The first kappa shape index (κ1) is 21.2. The maximum Gasteiger partial charge on any atom is 0.387 e. The molecule has 10 heteroatoms. The summed E-state index contributed by atoms with van der Waals surface area (Å²) in [6.07, 6.45) is 1.23. The fourth-order valence-electron chi connectivity index (χ4n) is 2.59. The minimum Gasteiger partial charge on any atom is -0.490 e. The lowest BCUT2D eigenvalue weighted by molar-refractivity contribution is -0.129. The van der Waals surface area contributed by atoms with Crippen LogP contribution >= 0.6 is 0 Å². The molecule has 0 spiro atoms. The van der Waals surface area contributed by atoms with Gasteiger partial charge in [0.15, 0.2) is 17.2 Å². The van der Waals surface area contributed by atoms with Gasteiger partial charge < -0.3 is 18.9 Å². The molecule has 0 atom stereocenters. The van der Waals surface area contributed by atoms with Gasteiger partial charge in [-0.1, -0.05) is 12.1 Å². The van der Waals surface area contributed by atoms with Crippen LogP contribution in [0.5, 0.6) is 17.2 Å². The van der Waals surface area contributed by atoms with Crippen LogP contribution in [0.3, 0.4) is 0 Å². The molecule has 1 aliphatic rings. The van der Waals surface area contributed by atoms with E-state index in [1.54, 1.807) is 13.0 Å². The fourth-order valence-corrected chi connectivity index (χ4v) is 2.59. The predicted octanol–water partition coefficient (Wildman–Crippen LogP) is 4.63. The second-order valence-electron chi connectivity index (χ2n) is 5.72. The summed E-state index contributed by atoms with van der Waals surface area (Å²) in [5, 5.41) is 0. The third kappa shape index (κ3) is 5.07. The molecule has 3 rings (SSSR count). The smallest absolute Gasteiger partial charge is 0.387 e. The molecule has 0 N–H and O–H groups in total. The molecule has 0 aliphatic carbocycles. The van der Waals surface area contributed by atoms with E-state index in [9.17, 15) is 22.4 Å². The first-order chi connectivity index (χ1) is 14.4. The zero-order valence-electron chi connectivity index (χ0n) is 15.5. The van der Waals surface area contributed by atoms with E-state index in [1.165, 1.54) is 42.5 Å². The highest BCUT2D eigenvalue weighted by molar-refractivity contribution is 6.13. The summed E-state index contributed by atoms with van der Waals surface area (Å²) in [6, 6.07) is 9.74. The predicted molar refractivity (Wildman–Crippen MR) is 97.9 cm³/mol. The molecule has 0 radical (unpaired) electrons. The molecule has 2 aromatic carbocycles. The summed E-state index contributed by atoms with van der Waals surface area (Å²) in [7, 11) is 0. The lowest BCUT2D eigenvalue weighted by Gasteiger charge is -2.13. The molecule has 0 fully saturated rings. The molecule has 0 saturated carbocycles. The van der Waals surface area contributed by atoms with Gasteiger partial charge in [0.2, 0.25) is 5.90 Å². The van der Waals surface area contributed by atoms with E-state index in [0.717, 1.165) is 0 Å². The molecule has 0 amide bonds. The Morgan fingerprint density at radius 1 is 1.03 bits per heavy atom. The fraction of sp³-hybridized carbons (Fsp3) is 0.200. The number of carbonyl (C=O) groups is 1. The van der Waals surface area contributed by atoms with Crippen molar-refractivity contribution in [1.82, 2.24) is 0 Å². The number of cyclic esters (lactones) is 1. The van der Waals surface area contributed by atoms with Gasteiger partial charge in [-0.15, -0.1) is 0 Å². The molecular weight excluding hydrogens is 410 g/mol. The molecule has 1 aliphatic heterocycles. The van der Waals surface area contributed by atoms with Crippen LogP contribution in [-0.4, -0.2) is 31.7 Å². The number of hydrogen-bond donors (Lipinski definition) is 0. The summed E-state index contributed by atoms with van der Waals surface area (Å²) in [5.74, 6) is -1.13. The number of benzene rings is 2. The largest absolute Gasteiger partial charge is 0.490 e. The first-order valence-electron chi connectivity index (χ1n) is 8.65. The third-order valence-corrected chi connectivity index (χ3v) is 3.76. The van der Waals surface area contributed by atoms with Gasteiger partial charge in [0.05, 0.1) is 6.61 Å². The Kier molecular flexibility index (Phi) is 6.55. The summed E-state index contributed by atoms with van der Waals surface area (Å²) in [5.41, 5.74) is 0.310. The van der Waals surface area contributed by atoms with Crippen LogP contribution in [-0.2, 0) is 9.53 Å². The Balaban J connectivity index is 1.91. The van der Waals surface area contributed by atoms with E-state index < -0.39 is 19.2 Å². The highest BCUT2D eigenvalue weighted by Gasteiger charge is 2.25. The van der Waals surface area contributed by atoms with Gasteiger partial charge in [0.1, 0.15) is 5.75 Å². The Hall–Kier alpha value is -3.56. The van der Waals surface area contributed by atoms with E-state index in [1.807, 2.05) is 0 Å². The molecule has 1 heterocycles. The molecular formula is C20H15F4NO5. The Bertz CT molecular complexity index is 974. The van der Waals surface area contributed by atoms with Crippen molar-refractivity contribution in [2.45, 2.75) is 20.1 Å². The lowest BCUT2D eigenvalue weighted by atomic mass is 10.1. The number of nitrogens with zero attached hydrogens (tertiary/aromatic N) is 1. The van der Waals surface area contributed by atoms with Crippen LogP contribution < -0.4 is 14.2 Å². The van der Waals surface area contributed by atoms with Crippen molar-refractivity contribution in [3.05, 3.63) is 59.3 Å². The number of para-hydroxylation sites is 1. The van der Waals surface area contributed by atoms with E-state index >= 15 is 0 Å². The molecule has 30 heavy (non-hydrogen) atoms. The number of carbonyl (C=O) groups excluding carboxylic acids is 1. The summed E-state index contributed by atoms with van der Waals surface area (Å²) in [6.45, 7) is -4.17. The molecule has 6 nitrogen and oxygen atoms in total. The monoisotopic (exact) mass is 425 g/mol. The number of esters is 1. The van der Waals surface area contributed by atoms with Gasteiger partial charge in [-0.25, -0.2) is 9.79 Å². The molecule has 2 aromatic rings. The standard InChI is InChI=1S/C20H15F4NO5/c1-2-27-15-5-3-4-12(16(15)29-20(23)24)10-14-18(26)30-17(25-14)11-6-8-13(9-7-11)28-19(21)22/h3-10,19-20H,2H2,1H3/b14-10-. The van der Waals surface area contributed by atoms with Crippen LogP contribution in [0.1, 0.15) is 18.1 Å². The Morgan fingerprint density at radius 2 is 1.73 bits per heavy atom. The zero-order chi connectivity index (χ0) is 21.7. The van der Waals surface area contributed by atoms with Crippen molar-refractivity contribution < 1.29 is 41.3 Å². The SMILES string of the molecule is CCOc1cccc(/C=C2\N=C(c3ccc(OC(F)F)cc3)OC2=O)c1OC(F)F. The van der Waals surface area contributed by atoms with E-state index in [2.05, 4.69) is 14.5 Å². The van der Waals surface area contributed by atoms with Gasteiger partial charge >= 0.3 is 19.2 Å². The number of aliphatic imine (C=N–C) groups is 1. The summed E-state index contributed by atoms with van der Waals surface area (Å²) < 4.78 is 69.3. The van der Waals surface area contributed by atoms with Crippen molar-refractivity contribution >= 4 is 17.9 Å². The van der Waals surface area contributed by atoms with E-state index in [0.29, 0.717) is 5.56 Å². The van der Waals surface area contributed by atoms with Crippen LogP contribution in [0.2, 0.25) is 0 Å². The van der Waals surface area contributed by atoms with Crippen molar-refractivity contribution in [2.75, 3.05) is 6.61 Å². The minimum absolute atomic E-state index is 0.0732. The van der Waals surface area contributed by atoms with Crippen LogP contribution in [0.4, 0.5) is 17.6 Å². The number of halogens is 4. The van der Waals surface area contributed by atoms with Gasteiger partial charge in [-0.2, -0.15) is 17.6 Å². The van der Waals surface area contributed by atoms with Crippen molar-refractivity contribution in [2.24, 2.45) is 4.99 Å². The number of ether oxygens (including phenoxy) is 4. The second-order valence-corrected chi connectivity index (χ2v) is 5.72. The molecule has 0 unspecified atom stereocenters. The lowest BCUT2D eigenvalue weighted by Crippen LogP contribution is -2.07. The molecule has 0 bridgehead atoms. The van der Waals surface area contributed by atoms with E-state index in [4.69, 9.17) is 9.47 Å². The van der Waals surface area contributed by atoms with Gasteiger partial charge in [-0.05, 0) is 43.3 Å². The molecule has 158 valence electrons. The average molecular weight is 425 g/mol. The number of hydrogen-bond acceptors (Lipinski definition) is 6. The first-order valence-corrected chi connectivity index (χ1v) is 8.65. The Labute approximate surface area is 168 Å².